The number of rotatable bonds is 55. The first kappa shape index (κ1) is 109. The largest absolute Gasteiger partial charge is 0.527 e. The lowest BCUT2D eigenvalue weighted by atomic mass is 9.67. The smallest absolute Gasteiger partial charge is 0.492 e. The fourth-order valence-electron chi connectivity index (χ4n) is 19.5. The zero-order chi connectivity index (χ0) is 105. The van der Waals surface area contributed by atoms with Gasteiger partial charge in [-0.05, 0) is 165 Å². The Labute approximate surface area is 894 Å². The maximum absolute atomic E-state index is 15.2. The highest BCUT2D eigenvalue weighted by molar-refractivity contribution is 7.35. The average molecular weight is 2100 g/mol. The number of carbonyl (C=O) groups is 2. The lowest BCUT2D eigenvalue weighted by molar-refractivity contribution is 0.0199. The van der Waals surface area contributed by atoms with Crippen LogP contribution in [-0.2, 0) is 93.7 Å². The molecule has 16 rings (SSSR count). The van der Waals surface area contributed by atoms with Crippen molar-refractivity contribution < 1.29 is 75.9 Å². The van der Waals surface area contributed by atoms with E-state index in [9.17, 15) is 21.0 Å². The van der Waals surface area contributed by atoms with Crippen LogP contribution < -0.4 is 9.47 Å². The molecule has 0 bridgehead atoms. The van der Waals surface area contributed by atoms with Gasteiger partial charge in [-0.2, -0.15) is 30.7 Å². The monoisotopic (exact) mass is 2100 g/mol. The highest BCUT2D eigenvalue weighted by atomic mass is 32.1. The molecule has 24 nitrogen and oxygen atoms in total. The van der Waals surface area contributed by atoms with Gasteiger partial charge in [0.25, 0.3) is 0 Å². The summed E-state index contributed by atoms with van der Waals surface area (Å²) < 4.78 is 86.3. The lowest BCUT2D eigenvalue weighted by Crippen LogP contribution is -2.29. The number of thiophene rings is 6. The van der Waals surface area contributed by atoms with Crippen molar-refractivity contribution in [1.29, 1.82) is 21.0 Å². The summed E-state index contributed by atoms with van der Waals surface area (Å²) in [6.45, 7) is 50.5. The van der Waals surface area contributed by atoms with Crippen LogP contribution in [0, 0.1) is 83.4 Å². The fourth-order valence-corrected chi connectivity index (χ4v) is 27.7. The van der Waals surface area contributed by atoms with E-state index in [0.717, 1.165) is 160 Å². The number of Topliss-reactive ketones (excluding diaryl/α,β-unsaturated/α-hetero) is 2. The first-order valence-corrected chi connectivity index (χ1v) is 54.8. The number of allylic oxidation sites excluding steroid dienone is 5. The molecule has 0 spiro atoms. The Morgan fingerprint density at radius 3 is 1.17 bits per heavy atom. The predicted molar refractivity (Wildman–Crippen MR) is 587 cm³/mol. The van der Waals surface area contributed by atoms with Crippen LogP contribution in [0.3, 0.4) is 0 Å². The number of fused-ring (bicyclic) bond motifs is 11. The van der Waals surface area contributed by atoms with Gasteiger partial charge in [-0.3, -0.25) is 9.59 Å². The molecule has 0 amide bonds. The third-order valence-corrected chi connectivity index (χ3v) is 34.7. The van der Waals surface area contributed by atoms with Crippen LogP contribution in [0.4, 0.5) is 11.4 Å². The van der Waals surface area contributed by atoms with Crippen LogP contribution in [0.15, 0.2) is 168 Å². The summed E-state index contributed by atoms with van der Waals surface area (Å²) in [7, 11) is 6.59. The molecule has 30 heteroatoms. The molecule has 0 radical (unpaired) electrons. The average Bonchev–Trinajstić information content (AvgIpc) is 1.48. The Bertz CT molecular complexity index is 7220. The summed E-state index contributed by atoms with van der Waals surface area (Å²) in [5, 5.41) is 42.1. The van der Waals surface area contributed by atoms with Gasteiger partial charge < -0.3 is 66.3 Å². The molecule has 6 heterocycles. The van der Waals surface area contributed by atoms with Crippen molar-refractivity contribution in [2.75, 3.05) is 161 Å². The van der Waals surface area contributed by atoms with Gasteiger partial charge in [-0.1, -0.05) is 157 Å². The minimum absolute atomic E-state index is 0.000670. The van der Waals surface area contributed by atoms with Crippen LogP contribution in [0.25, 0.3) is 91.1 Å². The summed E-state index contributed by atoms with van der Waals surface area (Å²) in [5.74, 6) is 0.186. The van der Waals surface area contributed by atoms with E-state index in [1.165, 1.54) is 46.9 Å². The first-order chi connectivity index (χ1) is 73.0. The highest BCUT2D eigenvalue weighted by Gasteiger charge is 2.56. The van der Waals surface area contributed by atoms with E-state index in [2.05, 4.69) is 168 Å². The van der Waals surface area contributed by atoms with Gasteiger partial charge in [-0.15, -0.1) is 68.0 Å². The second-order valence-electron chi connectivity index (χ2n) is 36.4. The summed E-state index contributed by atoms with van der Waals surface area (Å²) in [4.78, 5) is 53.8. The molecule has 0 fully saturated rings. The maximum Gasteiger partial charge on any atom is 0.527 e. The minimum Gasteiger partial charge on any atom is -0.492 e. The lowest BCUT2D eigenvalue weighted by Gasteiger charge is -2.34. The normalized spacial score (nSPS) is 14.1. The molecular weight excluding hydrogens is 1990 g/mol. The third kappa shape index (κ3) is 23.2. The molecular formula is C119H114N8O16S6. The van der Waals surface area contributed by atoms with Gasteiger partial charge >= 0.3 is 5.82 Å². The molecule has 0 saturated heterocycles. The Morgan fingerprint density at radius 1 is 0.403 bits per heavy atom. The number of methoxy groups -OCH3 is 4. The number of ether oxygens (including phenoxy) is 14. The van der Waals surface area contributed by atoms with Gasteiger partial charge in [-0.25, -0.2) is 9.69 Å². The first-order valence-electron chi connectivity index (χ1n) is 49.9. The fraction of sp³-hybridized carbons (Fsp3) is 0.361. The predicted octanol–water partition coefficient (Wildman–Crippen LogP) is 26.6. The van der Waals surface area contributed by atoms with Gasteiger partial charge in [0.1, 0.15) is 42.4 Å². The van der Waals surface area contributed by atoms with Gasteiger partial charge in [0, 0.05) is 86.9 Å². The van der Waals surface area contributed by atoms with Gasteiger partial charge in [0.05, 0.1) is 237 Å². The number of nitriles is 4. The van der Waals surface area contributed by atoms with Gasteiger partial charge in [0.2, 0.25) is 11.4 Å². The molecule has 6 aromatic heterocycles. The molecule has 4 aliphatic rings. The van der Waals surface area contributed by atoms with Crippen molar-refractivity contribution in [3.63, 3.8) is 0 Å². The van der Waals surface area contributed by atoms with Crippen molar-refractivity contribution >= 4 is 124 Å². The molecule has 762 valence electrons. The number of ketones is 2. The molecule has 6 aromatic carbocycles. The molecule has 2 unspecified atom stereocenters. The maximum atomic E-state index is 15.2. The number of hydrogen-bond acceptors (Lipinski definition) is 26. The van der Waals surface area contributed by atoms with E-state index in [1.807, 2.05) is 24.3 Å². The van der Waals surface area contributed by atoms with Crippen molar-refractivity contribution in [2.45, 2.75) is 110 Å². The molecule has 4 aliphatic carbocycles. The number of carbonyl (C=O) groups excluding carboxylic acids is 2. The number of unbranched alkanes of at least 4 members (excludes halogenated alkanes) is 2. The summed E-state index contributed by atoms with van der Waals surface area (Å²) in [6, 6.07) is 58.2. The van der Waals surface area contributed by atoms with Crippen molar-refractivity contribution in [2.24, 2.45) is 11.8 Å². The SMILES string of the molecule is [C-]#[N+]C([N+]#[C-])=C1/C(=C/c2cc(OCC(CC)CCCC)c(-c3cc4c(s3)-c3sc5c6c(sc5c3C4(c3ccc(COCCOCCOC)cc3)c3ccc(COCCOCCOC)cc3)-c3sc(-c4sc(/C=C5\C(=O)c7cc([N+]#[C-])c(C#N)cc7C5=C(C#N)C#N)cc4OCC(C)CCCC)cc3C6(c3ccc(CCOCCOCCOC)cc3)c3ccc(CCOCCOCCOC)cc3)s2)C(=O)c2cc(C#N)c([N+]#[C-])cc21. The van der Waals surface area contributed by atoms with Crippen LogP contribution >= 0.6 is 68.0 Å². The van der Waals surface area contributed by atoms with Gasteiger partial charge in [0.15, 0.2) is 11.6 Å². The Balaban J connectivity index is 0.961. The molecule has 0 aliphatic heterocycles. The second-order valence-corrected chi connectivity index (χ2v) is 42.7. The molecule has 0 saturated carbocycles. The van der Waals surface area contributed by atoms with E-state index in [-0.39, 0.29) is 90.3 Å². The topological polar surface area (TPSA) is 276 Å². The van der Waals surface area contributed by atoms with E-state index in [0.29, 0.717) is 179 Å². The number of nitrogens with zero attached hydrogens (tertiary/aromatic N) is 8. The molecule has 0 N–H and O–H groups in total. The second kappa shape index (κ2) is 52.0. The number of hydrogen-bond donors (Lipinski definition) is 0. The quantitative estimate of drug-likeness (QED) is 0.0148. The standard InChI is InChI=1S/C119H114N8O16S6/c1-13-16-18-74(4)70-142-99-60-87(58-93-103(82(68-122)69-123)89-56-80(66-120)98(125-6)63-92(89)108(93)129)144-111(99)101-64-95-109(146-101)113-105(118(95,83-28-20-76(21-29-83)36-38-134-48-50-136-44-40-130-9)84-30-22-77(23-31-84)37-39-135-49-51-137-45-41-131-10)115-116(148-113)106-114(149-115)110-96(119(106,85-32-24-78(25-33-85)71-140-54-52-138-46-42-132-11)86-34-26-79(27-35-86)72-141-55-53-139-47-43-133-12)65-102(147-110)112-100(143-73-75(15-3)19-17-14-2)61-88(145-112)59-94-104(117(126-7)127-8)90-62-97(124-5)81(67-121)57-91(90)107(94)128/h20-35,56-65,74-75H,13-19,36-55,70-73H2,1-4,9-12H3/b93-58-,94-59-. The Kier molecular flexibility index (Phi) is 38.0. The summed E-state index contributed by atoms with van der Waals surface area (Å²) in [5.41, 5.74) is 10.7. The Morgan fingerprint density at radius 2 is 0.772 bits per heavy atom. The van der Waals surface area contributed by atoms with E-state index in [1.54, 1.807) is 85.9 Å². The highest BCUT2D eigenvalue weighted by Crippen LogP contribution is 2.72. The molecule has 149 heavy (non-hydrogen) atoms. The molecule has 2 atom stereocenters. The van der Waals surface area contributed by atoms with E-state index in [4.69, 9.17) is 92.6 Å². The van der Waals surface area contributed by atoms with Crippen LogP contribution in [0.1, 0.15) is 192 Å². The zero-order valence-corrected chi connectivity index (χ0v) is 89.5. The van der Waals surface area contributed by atoms with Crippen LogP contribution in [0.2, 0.25) is 0 Å². The third-order valence-electron chi connectivity index (χ3n) is 27.1. The zero-order valence-electron chi connectivity index (χ0n) is 84.6. The van der Waals surface area contributed by atoms with Crippen molar-refractivity contribution in [3.8, 4) is 74.8 Å². The van der Waals surface area contributed by atoms with Crippen LogP contribution in [0.5, 0.6) is 11.5 Å². The van der Waals surface area contributed by atoms with E-state index >= 15 is 9.59 Å². The van der Waals surface area contributed by atoms with Crippen molar-refractivity contribution in [3.05, 3.63) is 324 Å². The molecule has 12 aromatic rings. The van der Waals surface area contributed by atoms with Crippen LogP contribution in [-0.4, -0.2) is 172 Å². The summed E-state index contributed by atoms with van der Waals surface area (Å²) >= 11 is 9.83. The summed E-state index contributed by atoms with van der Waals surface area (Å²) in [6.07, 6.45) is 11.4. The van der Waals surface area contributed by atoms with E-state index < -0.39 is 22.4 Å². The Hall–Kier alpha value is -12.9. The minimum atomic E-state index is -1.12. The van der Waals surface area contributed by atoms with Crippen molar-refractivity contribution in [1.82, 2.24) is 0 Å². The number of benzene rings is 6.